The number of pyridine rings is 1. The summed E-state index contributed by atoms with van der Waals surface area (Å²) in [7, 11) is 0. The van der Waals surface area contributed by atoms with Crippen LogP contribution in [0, 0.1) is 0 Å². The summed E-state index contributed by atoms with van der Waals surface area (Å²) in [5.74, 6) is 2.53. The monoisotopic (exact) mass is 434 g/mol. The van der Waals surface area contributed by atoms with Crippen LogP contribution in [-0.4, -0.2) is 63.5 Å². The molecule has 1 aromatic carbocycles. The van der Waals surface area contributed by atoms with Crippen LogP contribution >= 0.6 is 0 Å². The molecule has 1 aliphatic heterocycles. The second-order valence-electron chi connectivity index (χ2n) is 7.73. The van der Waals surface area contributed by atoms with Crippen molar-refractivity contribution < 1.29 is 4.79 Å². The topological polar surface area (TPSA) is 99.2 Å². The second-order valence-corrected chi connectivity index (χ2v) is 7.73. The van der Waals surface area contributed by atoms with Gasteiger partial charge in [-0.25, -0.2) is 4.98 Å². The van der Waals surface area contributed by atoms with E-state index in [4.69, 9.17) is 0 Å². The predicted octanol–water partition coefficient (Wildman–Crippen LogP) is 3.43. The molecule has 9 heteroatoms. The van der Waals surface area contributed by atoms with Crippen molar-refractivity contribution in [1.82, 2.24) is 24.8 Å². The molecule has 1 saturated heterocycles. The highest BCUT2D eigenvalue weighted by Crippen LogP contribution is 2.24. The minimum absolute atomic E-state index is 0.253. The third-order valence-electron chi connectivity index (χ3n) is 5.63. The number of likely N-dealkylation sites (tertiary alicyclic amines) is 1. The molecule has 0 bridgehead atoms. The average molecular weight is 435 g/mol. The van der Waals surface area contributed by atoms with Gasteiger partial charge in [-0.05, 0) is 38.1 Å². The van der Waals surface area contributed by atoms with E-state index in [1.807, 2.05) is 29.2 Å². The van der Waals surface area contributed by atoms with Crippen LogP contribution in [0.3, 0.4) is 0 Å². The van der Waals surface area contributed by atoms with Gasteiger partial charge in [0.05, 0.1) is 0 Å². The Kier molecular flexibility index (Phi) is 6.94. The van der Waals surface area contributed by atoms with Crippen molar-refractivity contribution in [3.8, 4) is 0 Å². The first-order valence-electron chi connectivity index (χ1n) is 11.3. The third kappa shape index (κ3) is 5.04. The van der Waals surface area contributed by atoms with E-state index in [1.54, 1.807) is 6.20 Å². The van der Waals surface area contributed by atoms with E-state index in [1.165, 1.54) is 0 Å². The van der Waals surface area contributed by atoms with E-state index in [0.717, 1.165) is 49.8 Å². The minimum Gasteiger partial charge on any atom is -0.354 e. The quantitative estimate of drug-likeness (QED) is 0.468. The van der Waals surface area contributed by atoms with Crippen molar-refractivity contribution >= 4 is 40.3 Å². The van der Waals surface area contributed by atoms with E-state index in [2.05, 4.69) is 55.4 Å². The van der Waals surface area contributed by atoms with Gasteiger partial charge in [0.1, 0.15) is 5.82 Å². The first-order chi connectivity index (χ1) is 15.7. The highest BCUT2D eigenvalue weighted by Gasteiger charge is 2.19. The molecule has 3 heterocycles. The molecule has 4 rings (SSSR count). The molecule has 32 heavy (non-hydrogen) atoms. The molecular formula is C23H30N8O. The Hall–Kier alpha value is -3.49. The van der Waals surface area contributed by atoms with Crippen LogP contribution in [0.15, 0.2) is 36.5 Å². The van der Waals surface area contributed by atoms with E-state index < -0.39 is 0 Å². The molecule has 2 N–H and O–H groups in total. The zero-order valence-corrected chi connectivity index (χ0v) is 18.7. The van der Waals surface area contributed by atoms with Crippen molar-refractivity contribution in [3.63, 3.8) is 0 Å². The van der Waals surface area contributed by atoms with Crippen molar-refractivity contribution in [3.05, 3.63) is 36.5 Å². The molecule has 9 nitrogen and oxygen atoms in total. The van der Waals surface area contributed by atoms with Crippen molar-refractivity contribution in [2.45, 2.75) is 33.1 Å². The number of nitrogens with zero attached hydrogens (tertiary/aromatic N) is 6. The van der Waals surface area contributed by atoms with E-state index in [0.29, 0.717) is 36.6 Å². The van der Waals surface area contributed by atoms with Gasteiger partial charge in [0.15, 0.2) is 0 Å². The summed E-state index contributed by atoms with van der Waals surface area (Å²) in [6, 6.07) is 10.0. The molecule has 0 radical (unpaired) electrons. The second kappa shape index (κ2) is 10.2. The van der Waals surface area contributed by atoms with Crippen LogP contribution in [0.2, 0.25) is 0 Å². The molecule has 1 amide bonds. The Morgan fingerprint density at radius 3 is 2.66 bits per heavy atom. The fourth-order valence-electron chi connectivity index (χ4n) is 3.88. The van der Waals surface area contributed by atoms with Crippen LogP contribution in [0.1, 0.15) is 33.1 Å². The summed E-state index contributed by atoms with van der Waals surface area (Å²) in [5, 5.41) is 8.68. The number of hydrogen-bond acceptors (Lipinski definition) is 8. The molecule has 2 aromatic heterocycles. The Bertz CT molecular complexity index is 1060. The number of fused-ring (bicyclic) bond motifs is 1. The van der Waals surface area contributed by atoms with E-state index in [-0.39, 0.29) is 5.91 Å². The summed E-state index contributed by atoms with van der Waals surface area (Å²) in [6.07, 6.45) is 4.25. The number of nitrogens with one attached hydrogen (secondary N) is 2. The molecule has 0 aliphatic carbocycles. The average Bonchev–Trinajstić information content (AvgIpc) is 3.22. The zero-order chi connectivity index (χ0) is 22.3. The van der Waals surface area contributed by atoms with Gasteiger partial charge in [-0.15, -0.1) is 0 Å². The number of anilines is 4. The first kappa shape index (κ1) is 21.7. The van der Waals surface area contributed by atoms with Crippen molar-refractivity contribution in [1.29, 1.82) is 0 Å². The highest BCUT2D eigenvalue weighted by atomic mass is 16.2. The fraction of sp³-hybridized carbons (Fsp3) is 0.435. The molecule has 1 fully saturated rings. The lowest BCUT2D eigenvalue weighted by molar-refractivity contribution is -0.127. The van der Waals surface area contributed by atoms with Crippen molar-refractivity contribution in [2.24, 2.45) is 0 Å². The lowest BCUT2D eigenvalue weighted by Gasteiger charge is -2.20. The third-order valence-corrected chi connectivity index (χ3v) is 5.63. The Morgan fingerprint density at radius 2 is 1.88 bits per heavy atom. The SMILES string of the molecule is CCN(CC)c1nc(NCCCN2CCCC2=O)nc(Nc2nccc3ccccc23)n1. The number of carbonyl (C=O) groups excluding carboxylic acids is 1. The van der Waals surface area contributed by atoms with Gasteiger partial charge in [0.25, 0.3) is 0 Å². The Labute approximate surface area is 188 Å². The molecule has 0 unspecified atom stereocenters. The minimum atomic E-state index is 0.253. The number of hydrogen-bond donors (Lipinski definition) is 2. The smallest absolute Gasteiger partial charge is 0.235 e. The standard InChI is InChI=1S/C23H30N8O/c1-3-30(4-2)23-28-21(25-13-8-16-31-15-7-11-19(31)32)27-22(29-23)26-20-18-10-6-5-9-17(18)12-14-24-20/h5-6,9-10,12,14H,3-4,7-8,11,13,15-16H2,1-2H3,(H2,24,25,26,27,28,29). The summed E-state index contributed by atoms with van der Waals surface area (Å²) >= 11 is 0. The molecule has 0 saturated carbocycles. The van der Waals surface area contributed by atoms with Gasteiger partial charge in [0.2, 0.25) is 23.8 Å². The van der Waals surface area contributed by atoms with Crippen LogP contribution in [0.4, 0.5) is 23.7 Å². The van der Waals surface area contributed by atoms with Gasteiger partial charge >= 0.3 is 0 Å². The van der Waals surface area contributed by atoms with Gasteiger partial charge in [0, 0.05) is 50.7 Å². The lowest BCUT2D eigenvalue weighted by atomic mass is 10.1. The molecule has 1 aliphatic rings. The van der Waals surface area contributed by atoms with Crippen molar-refractivity contribution in [2.75, 3.05) is 48.3 Å². The number of amides is 1. The summed E-state index contributed by atoms with van der Waals surface area (Å²) < 4.78 is 0. The molecule has 3 aromatic rings. The fourth-order valence-corrected chi connectivity index (χ4v) is 3.88. The zero-order valence-electron chi connectivity index (χ0n) is 18.7. The summed E-state index contributed by atoms with van der Waals surface area (Å²) in [4.78, 5) is 34.1. The molecular weight excluding hydrogens is 404 g/mol. The number of benzene rings is 1. The number of carbonyl (C=O) groups is 1. The van der Waals surface area contributed by atoms with Gasteiger partial charge in [-0.3, -0.25) is 4.79 Å². The maximum Gasteiger partial charge on any atom is 0.235 e. The Morgan fingerprint density at radius 1 is 1.06 bits per heavy atom. The molecule has 0 atom stereocenters. The van der Waals surface area contributed by atoms with Gasteiger partial charge < -0.3 is 20.4 Å². The van der Waals surface area contributed by atoms with Crippen LogP contribution in [0.5, 0.6) is 0 Å². The normalized spacial score (nSPS) is 13.6. The van der Waals surface area contributed by atoms with E-state index in [9.17, 15) is 4.79 Å². The Balaban J connectivity index is 1.51. The van der Waals surface area contributed by atoms with Gasteiger partial charge in [-0.1, -0.05) is 24.3 Å². The largest absolute Gasteiger partial charge is 0.354 e. The van der Waals surface area contributed by atoms with Gasteiger partial charge in [-0.2, -0.15) is 15.0 Å². The van der Waals surface area contributed by atoms with Crippen LogP contribution in [0.25, 0.3) is 10.8 Å². The highest BCUT2D eigenvalue weighted by molar-refractivity contribution is 5.92. The molecule has 168 valence electrons. The van der Waals surface area contributed by atoms with E-state index >= 15 is 0 Å². The first-order valence-corrected chi connectivity index (χ1v) is 11.3. The predicted molar refractivity (Wildman–Crippen MR) is 127 cm³/mol. The summed E-state index contributed by atoms with van der Waals surface area (Å²) in [5.41, 5.74) is 0. The maximum absolute atomic E-state index is 11.8. The summed E-state index contributed by atoms with van der Waals surface area (Å²) in [6.45, 7) is 8.04. The lowest BCUT2D eigenvalue weighted by Crippen LogP contribution is -2.27. The number of aromatic nitrogens is 4. The molecule has 0 spiro atoms. The van der Waals surface area contributed by atoms with Crippen LogP contribution in [-0.2, 0) is 4.79 Å². The van der Waals surface area contributed by atoms with Crippen LogP contribution < -0.4 is 15.5 Å². The maximum atomic E-state index is 11.8. The number of rotatable bonds is 10.